The van der Waals surface area contributed by atoms with Gasteiger partial charge in [-0.05, 0) is 38.2 Å². The summed E-state index contributed by atoms with van der Waals surface area (Å²) in [6, 6.07) is 6.29. The highest BCUT2D eigenvalue weighted by molar-refractivity contribution is 5.95. The summed E-state index contributed by atoms with van der Waals surface area (Å²) in [5.41, 5.74) is 7.43. The summed E-state index contributed by atoms with van der Waals surface area (Å²) >= 11 is 0. The molecule has 116 valence electrons. The molecule has 0 aromatic heterocycles. The second-order valence-corrected chi connectivity index (χ2v) is 6.14. The van der Waals surface area contributed by atoms with E-state index >= 15 is 0 Å². The smallest absolute Gasteiger partial charge is 0.123 e. The largest absolute Gasteiger partial charge is 0.496 e. The van der Waals surface area contributed by atoms with Gasteiger partial charge in [0.25, 0.3) is 0 Å². The van der Waals surface area contributed by atoms with Gasteiger partial charge in [0.05, 0.1) is 7.11 Å². The van der Waals surface area contributed by atoms with Crippen molar-refractivity contribution in [1.82, 2.24) is 9.80 Å². The van der Waals surface area contributed by atoms with E-state index in [0.717, 1.165) is 36.5 Å². The van der Waals surface area contributed by atoms with Crippen molar-refractivity contribution in [2.45, 2.75) is 19.5 Å². The average molecular weight is 290 g/mol. The number of nitrogens with zero attached hydrogens (tertiary/aromatic N) is 2. The number of hydrogen-bond acceptors (Lipinski definition) is 4. The molecule has 1 fully saturated rings. The van der Waals surface area contributed by atoms with Gasteiger partial charge in [0, 0.05) is 36.8 Å². The van der Waals surface area contributed by atoms with Gasteiger partial charge < -0.3 is 15.4 Å². The van der Waals surface area contributed by atoms with Crippen molar-refractivity contribution in [3.05, 3.63) is 29.3 Å². The Morgan fingerprint density at radius 2 is 2.14 bits per heavy atom. The molecule has 1 aromatic rings. The SMILES string of the molecule is COc1ccc(C(=N)N)cc1CN1CC(C)C(N(C)C)C1. The Labute approximate surface area is 127 Å². The molecule has 21 heavy (non-hydrogen) atoms. The van der Waals surface area contributed by atoms with E-state index in [9.17, 15) is 0 Å². The Morgan fingerprint density at radius 3 is 2.67 bits per heavy atom. The van der Waals surface area contributed by atoms with Crippen molar-refractivity contribution in [3.8, 4) is 5.75 Å². The predicted molar refractivity (Wildman–Crippen MR) is 85.9 cm³/mol. The molecule has 1 aliphatic rings. The van der Waals surface area contributed by atoms with Crippen LogP contribution in [0.4, 0.5) is 0 Å². The van der Waals surface area contributed by atoms with Gasteiger partial charge in [-0.25, -0.2) is 0 Å². The van der Waals surface area contributed by atoms with Crippen molar-refractivity contribution >= 4 is 5.84 Å². The molecule has 2 unspecified atom stereocenters. The summed E-state index contributed by atoms with van der Waals surface area (Å²) < 4.78 is 5.44. The Bertz CT molecular complexity index is 515. The van der Waals surface area contributed by atoms with E-state index in [0.29, 0.717) is 12.0 Å². The lowest BCUT2D eigenvalue weighted by atomic mass is 10.1. The molecular formula is C16H26N4O. The van der Waals surface area contributed by atoms with Crippen LogP contribution in [0.15, 0.2) is 18.2 Å². The first-order valence-electron chi connectivity index (χ1n) is 7.32. The third kappa shape index (κ3) is 3.54. The molecule has 0 saturated carbocycles. The van der Waals surface area contributed by atoms with Crippen molar-refractivity contribution in [3.63, 3.8) is 0 Å². The Morgan fingerprint density at radius 1 is 1.43 bits per heavy atom. The number of likely N-dealkylation sites (tertiary alicyclic amines) is 1. The molecule has 2 atom stereocenters. The summed E-state index contributed by atoms with van der Waals surface area (Å²) in [4.78, 5) is 4.74. The topological polar surface area (TPSA) is 65.6 Å². The molecule has 1 aliphatic heterocycles. The minimum absolute atomic E-state index is 0.0971. The highest BCUT2D eigenvalue weighted by Crippen LogP contribution is 2.26. The molecule has 2 rings (SSSR count). The van der Waals surface area contributed by atoms with Gasteiger partial charge in [0.1, 0.15) is 11.6 Å². The number of likely N-dealkylation sites (N-methyl/N-ethyl adjacent to an activating group) is 1. The summed E-state index contributed by atoms with van der Waals surface area (Å²) in [5, 5.41) is 7.58. The average Bonchev–Trinajstić information content (AvgIpc) is 2.79. The standard InChI is InChI=1S/C16H26N4O/c1-11-8-20(10-14(11)19(2)3)9-13-7-12(16(17)18)5-6-15(13)21-4/h5-7,11,14H,8-10H2,1-4H3,(H3,17,18). The van der Waals surface area contributed by atoms with E-state index in [-0.39, 0.29) is 5.84 Å². The molecule has 0 radical (unpaired) electrons. The fraction of sp³-hybridized carbons (Fsp3) is 0.562. The Balaban J connectivity index is 2.15. The molecule has 5 nitrogen and oxygen atoms in total. The zero-order chi connectivity index (χ0) is 15.6. The molecular weight excluding hydrogens is 264 g/mol. The van der Waals surface area contributed by atoms with Gasteiger partial charge in [-0.1, -0.05) is 6.92 Å². The van der Waals surface area contributed by atoms with Crippen LogP contribution in [0.5, 0.6) is 5.75 Å². The molecule has 1 aromatic carbocycles. The number of rotatable bonds is 5. The maximum absolute atomic E-state index is 7.58. The zero-order valence-corrected chi connectivity index (χ0v) is 13.4. The molecule has 0 aliphatic carbocycles. The van der Waals surface area contributed by atoms with E-state index in [1.807, 2.05) is 18.2 Å². The van der Waals surface area contributed by atoms with Crippen LogP contribution < -0.4 is 10.5 Å². The van der Waals surface area contributed by atoms with E-state index in [4.69, 9.17) is 15.9 Å². The van der Waals surface area contributed by atoms with E-state index in [2.05, 4.69) is 30.8 Å². The van der Waals surface area contributed by atoms with Crippen LogP contribution in [0.2, 0.25) is 0 Å². The maximum atomic E-state index is 7.58. The maximum Gasteiger partial charge on any atom is 0.123 e. The minimum atomic E-state index is 0.0971. The van der Waals surface area contributed by atoms with E-state index in [1.54, 1.807) is 7.11 Å². The number of hydrogen-bond donors (Lipinski definition) is 2. The number of nitrogens with one attached hydrogen (secondary N) is 1. The fourth-order valence-corrected chi connectivity index (χ4v) is 3.16. The number of nitrogen functional groups attached to an aromatic ring is 1. The van der Waals surface area contributed by atoms with E-state index in [1.165, 1.54) is 0 Å². The first-order valence-corrected chi connectivity index (χ1v) is 7.32. The molecule has 0 amide bonds. The lowest BCUT2D eigenvalue weighted by Crippen LogP contribution is -2.34. The molecule has 1 saturated heterocycles. The van der Waals surface area contributed by atoms with Crippen LogP contribution >= 0.6 is 0 Å². The summed E-state index contributed by atoms with van der Waals surface area (Å²) in [6.45, 7) is 5.27. The van der Waals surface area contributed by atoms with Gasteiger partial charge in [0.2, 0.25) is 0 Å². The van der Waals surface area contributed by atoms with Crippen LogP contribution in [0.3, 0.4) is 0 Å². The number of ether oxygens (including phenoxy) is 1. The van der Waals surface area contributed by atoms with Gasteiger partial charge in [-0.2, -0.15) is 0 Å². The number of methoxy groups -OCH3 is 1. The summed E-state index contributed by atoms with van der Waals surface area (Å²) in [6.07, 6.45) is 0. The molecule has 0 bridgehead atoms. The molecule has 3 N–H and O–H groups in total. The number of benzene rings is 1. The fourth-order valence-electron chi connectivity index (χ4n) is 3.16. The van der Waals surface area contributed by atoms with E-state index < -0.39 is 0 Å². The third-order valence-corrected chi connectivity index (χ3v) is 4.30. The van der Waals surface area contributed by atoms with Gasteiger partial charge in [-0.3, -0.25) is 10.3 Å². The quantitative estimate of drug-likeness (QED) is 0.635. The molecule has 0 spiro atoms. The number of amidine groups is 1. The number of nitrogens with two attached hydrogens (primary N) is 1. The Hall–Kier alpha value is -1.59. The molecule has 5 heteroatoms. The van der Waals surface area contributed by atoms with Crippen molar-refractivity contribution in [2.75, 3.05) is 34.3 Å². The van der Waals surface area contributed by atoms with Crippen LogP contribution in [-0.2, 0) is 6.54 Å². The van der Waals surface area contributed by atoms with Gasteiger partial charge in [-0.15, -0.1) is 0 Å². The minimum Gasteiger partial charge on any atom is -0.496 e. The lowest BCUT2D eigenvalue weighted by Gasteiger charge is -2.23. The molecule has 1 heterocycles. The summed E-state index contributed by atoms with van der Waals surface area (Å²) in [7, 11) is 5.96. The van der Waals surface area contributed by atoms with Crippen LogP contribution in [0.25, 0.3) is 0 Å². The monoisotopic (exact) mass is 290 g/mol. The third-order valence-electron chi connectivity index (χ3n) is 4.30. The van der Waals surface area contributed by atoms with Gasteiger partial charge >= 0.3 is 0 Å². The van der Waals surface area contributed by atoms with Crippen molar-refractivity contribution in [2.24, 2.45) is 11.7 Å². The van der Waals surface area contributed by atoms with Crippen molar-refractivity contribution < 1.29 is 4.74 Å². The second kappa shape index (κ2) is 6.45. The zero-order valence-electron chi connectivity index (χ0n) is 13.4. The summed E-state index contributed by atoms with van der Waals surface area (Å²) in [5.74, 6) is 1.61. The highest BCUT2D eigenvalue weighted by atomic mass is 16.5. The first kappa shape index (κ1) is 15.8. The van der Waals surface area contributed by atoms with Crippen molar-refractivity contribution in [1.29, 1.82) is 5.41 Å². The Kier molecular flexibility index (Phi) is 4.85. The van der Waals surface area contributed by atoms with Crippen LogP contribution in [-0.4, -0.2) is 56.0 Å². The highest BCUT2D eigenvalue weighted by Gasteiger charge is 2.31. The second-order valence-electron chi connectivity index (χ2n) is 6.14. The van der Waals surface area contributed by atoms with Crippen LogP contribution in [0.1, 0.15) is 18.1 Å². The first-order chi connectivity index (χ1) is 9.92. The lowest BCUT2D eigenvalue weighted by molar-refractivity contribution is 0.249. The van der Waals surface area contributed by atoms with Crippen LogP contribution in [0, 0.1) is 11.3 Å². The van der Waals surface area contributed by atoms with Gasteiger partial charge in [0.15, 0.2) is 0 Å². The predicted octanol–water partition coefficient (Wildman–Crippen LogP) is 1.36. The normalized spacial score (nSPS) is 22.7.